The summed E-state index contributed by atoms with van der Waals surface area (Å²) in [6.45, 7) is 8.62. The molecular formula is C11H20N2. The van der Waals surface area contributed by atoms with E-state index in [4.69, 9.17) is 0 Å². The molecule has 0 saturated heterocycles. The molecule has 13 heavy (non-hydrogen) atoms. The molecule has 0 bridgehead atoms. The Bertz CT molecular complexity index is 240. The van der Waals surface area contributed by atoms with E-state index in [1.54, 1.807) is 0 Å². The Morgan fingerprint density at radius 2 is 2.23 bits per heavy atom. The Balaban J connectivity index is 2.53. The van der Waals surface area contributed by atoms with Crippen LogP contribution in [0.5, 0.6) is 0 Å². The van der Waals surface area contributed by atoms with Crippen molar-refractivity contribution in [1.29, 1.82) is 0 Å². The van der Waals surface area contributed by atoms with Gasteiger partial charge in [-0.1, -0.05) is 13.8 Å². The van der Waals surface area contributed by atoms with Crippen molar-refractivity contribution in [2.75, 3.05) is 6.54 Å². The molecular weight excluding hydrogens is 160 g/mol. The number of rotatable bonds is 5. The van der Waals surface area contributed by atoms with E-state index in [1.807, 2.05) is 0 Å². The van der Waals surface area contributed by atoms with Gasteiger partial charge in [-0.3, -0.25) is 0 Å². The second-order valence-corrected chi connectivity index (χ2v) is 3.50. The lowest BCUT2D eigenvalue weighted by molar-refractivity contribution is 0.531. The van der Waals surface area contributed by atoms with Crippen molar-refractivity contribution < 1.29 is 0 Å². The third kappa shape index (κ3) is 2.88. The number of nitrogens with zero attached hydrogens (tertiary/aromatic N) is 1. The fourth-order valence-corrected chi connectivity index (χ4v) is 1.32. The Morgan fingerprint density at radius 1 is 1.46 bits per heavy atom. The van der Waals surface area contributed by atoms with Crippen molar-refractivity contribution in [2.45, 2.75) is 39.8 Å². The summed E-state index contributed by atoms with van der Waals surface area (Å²) in [6.07, 6.45) is 5.59. The molecule has 0 radical (unpaired) electrons. The zero-order chi connectivity index (χ0) is 9.68. The Hall–Kier alpha value is -0.760. The lowest BCUT2D eigenvalue weighted by atomic mass is 10.2. The van der Waals surface area contributed by atoms with Gasteiger partial charge in [-0.05, 0) is 31.5 Å². The summed E-state index contributed by atoms with van der Waals surface area (Å²) in [6, 6.07) is 2.81. The molecule has 0 aliphatic heterocycles. The van der Waals surface area contributed by atoms with Crippen LogP contribution in [0.3, 0.4) is 0 Å². The molecule has 2 heteroatoms. The Morgan fingerprint density at radius 3 is 2.85 bits per heavy atom. The molecule has 0 aliphatic rings. The van der Waals surface area contributed by atoms with E-state index in [2.05, 4.69) is 49.1 Å². The monoisotopic (exact) mass is 180 g/mol. The van der Waals surface area contributed by atoms with E-state index in [0.717, 1.165) is 13.1 Å². The van der Waals surface area contributed by atoms with Gasteiger partial charge in [0.2, 0.25) is 0 Å². The summed E-state index contributed by atoms with van der Waals surface area (Å²) in [5.74, 6) is 0. The normalized spacial score (nSPS) is 13.2. The molecule has 74 valence electrons. The van der Waals surface area contributed by atoms with Gasteiger partial charge in [0.05, 0.1) is 0 Å². The van der Waals surface area contributed by atoms with E-state index in [0.29, 0.717) is 6.04 Å². The van der Waals surface area contributed by atoms with E-state index in [9.17, 15) is 0 Å². The molecule has 1 unspecified atom stereocenters. The first kappa shape index (κ1) is 10.3. The van der Waals surface area contributed by atoms with E-state index in [-0.39, 0.29) is 0 Å². The predicted molar refractivity (Wildman–Crippen MR) is 56.8 cm³/mol. The third-order valence-electron chi connectivity index (χ3n) is 2.45. The summed E-state index contributed by atoms with van der Waals surface area (Å²) in [5, 5.41) is 3.32. The minimum atomic E-state index is 0.621. The molecule has 2 nitrogen and oxygen atoms in total. The van der Waals surface area contributed by atoms with E-state index in [1.165, 1.54) is 12.0 Å². The first-order chi connectivity index (χ1) is 6.27. The van der Waals surface area contributed by atoms with Crippen LogP contribution in [0.4, 0.5) is 0 Å². The fraction of sp³-hybridized carbons (Fsp3) is 0.636. The maximum absolute atomic E-state index is 3.32. The molecule has 1 atom stereocenters. The third-order valence-corrected chi connectivity index (χ3v) is 2.45. The van der Waals surface area contributed by atoms with Crippen molar-refractivity contribution in [3.05, 3.63) is 24.0 Å². The summed E-state index contributed by atoms with van der Waals surface area (Å²) < 4.78 is 2.28. The van der Waals surface area contributed by atoms with Crippen molar-refractivity contribution in [1.82, 2.24) is 9.88 Å². The van der Waals surface area contributed by atoms with Gasteiger partial charge in [-0.2, -0.15) is 0 Å². The minimum absolute atomic E-state index is 0.621. The lowest BCUT2D eigenvalue weighted by Crippen LogP contribution is -2.11. The van der Waals surface area contributed by atoms with Crippen LogP contribution in [0.1, 0.15) is 38.8 Å². The molecule has 0 aliphatic carbocycles. The van der Waals surface area contributed by atoms with Gasteiger partial charge in [0, 0.05) is 25.0 Å². The molecule has 0 amide bonds. The van der Waals surface area contributed by atoms with Crippen LogP contribution in [-0.2, 0) is 6.54 Å². The van der Waals surface area contributed by atoms with E-state index >= 15 is 0 Å². The van der Waals surface area contributed by atoms with Crippen LogP contribution in [0.2, 0.25) is 0 Å². The van der Waals surface area contributed by atoms with Gasteiger partial charge in [-0.15, -0.1) is 0 Å². The van der Waals surface area contributed by atoms with Crippen molar-refractivity contribution in [3.63, 3.8) is 0 Å². The molecule has 0 spiro atoms. The standard InChI is InChI=1S/C11H20N2/c1-4-10(3)13-7-6-11(9-13)8-12-5-2/h6-7,9-10,12H,4-5,8H2,1-3H3. The number of hydrogen-bond acceptors (Lipinski definition) is 1. The maximum Gasteiger partial charge on any atom is 0.0299 e. The van der Waals surface area contributed by atoms with Crippen LogP contribution in [0, 0.1) is 0 Å². The maximum atomic E-state index is 3.32. The second-order valence-electron chi connectivity index (χ2n) is 3.50. The highest BCUT2D eigenvalue weighted by Gasteiger charge is 2.01. The topological polar surface area (TPSA) is 17.0 Å². The molecule has 1 N–H and O–H groups in total. The van der Waals surface area contributed by atoms with Crippen LogP contribution in [0.25, 0.3) is 0 Å². The highest BCUT2D eigenvalue weighted by atomic mass is 15.0. The summed E-state index contributed by atoms with van der Waals surface area (Å²) >= 11 is 0. The first-order valence-corrected chi connectivity index (χ1v) is 5.15. The average molecular weight is 180 g/mol. The van der Waals surface area contributed by atoms with Crippen molar-refractivity contribution in [2.24, 2.45) is 0 Å². The number of aromatic nitrogens is 1. The summed E-state index contributed by atoms with van der Waals surface area (Å²) in [5.41, 5.74) is 1.38. The van der Waals surface area contributed by atoms with Crippen molar-refractivity contribution in [3.8, 4) is 0 Å². The Labute approximate surface area is 81.0 Å². The van der Waals surface area contributed by atoms with Crippen LogP contribution < -0.4 is 5.32 Å². The summed E-state index contributed by atoms with van der Waals surface area (Å²) in [4.78, 5) is 0. The quantitative estimate of drug-likeness (QED) is 0.737. The van der Waals surface area contributed by atoms with Crippen molar-refractivity contribution >= 4 is 0 Å². The zero-order valence-electron chi connectivity index (χ0n) is 8.88. The first-order valence-electron chi connectivity index (χ1n) is 5.15. The van der Waals surface area contributed by atoms with Gasteiger partial charge >= 0.3 is 0 Å². The largest absolute Gasteiger partial charge is 0.351 e. The van der Waals surface area contributed by atoms with Crippen LogP contribution in [0.15, 0.2) is 18.5 Å². The molecule has 1 rings (SSSR count). The number of nitrogens with one attached hydrogen (secondary N) is 1. The smallest absolute Gasteiger partial charge is 0.0299 e. The highest BCUT2D eigenvalue weighted by Crippen LogP contribution is 2.12. The van der Waals surface area contributed by atoms with Gasteiger partial charge in [0.1, 0.15) is 0 Å². The lowest BCUT2D eigenvalue weighted by Gasteiger charge is -2.09. The van der Waals surface area contributed by atoms with Crippen LogP contribution >= 0.6 is 0 Å². The fourth-order valence-electron chi connectivity index (χ4n) is 1.32. The predicted octanol–water partition coefficient (Wildman–Crippen LogP) is 2.57. The van der Waals surface area contributed by atoms with E-state index < -0.39 is 0 Å². The molecule has 0 fully saturated rings. The summed E-state index contributed by atoms with van der Waals surface area (Å²) in [7, 11) is 0. The zero-order valence-corrected chi connectivity index (χ0v) is 8.88. The van der Waals surface area contributed by atoms with Gasteiger partial charge < -0.3 is 9.88 Å². The van der Waals surface area contributed by atoms with Gasteiger partial charge in [-0.25, -0.2) is 0 Å². The van der Waals surface area contributed by atoms with Gasteiger partial charge in [0.25, 0.3) is 0 Å². The highest BCUT2D eigenvalue weighted by molar-refractivity contribution is 5.10. The molecule has 1 aromatic heterocycles. The minimum Gasteiger partial charge on any atom is -0.351 e. The molecule has 1 aromatic rings. The van der Waals surface area contributed by atoms with Gasteiger partial charge in [0.15, 0.2) is 0 Å². The van der Waals surface area contributed by atoms with Crippen LogP contribution in [-0.4, -0.2) is 11.1 Å². The average Bonchev–Trinajstić information content (AvgIpc) is 2.62. The molecule has 0 aromatic carbocycles. The SMILES string of the molecule is CCNCc1ccn(C(C)CC)c1. The second kappa shape index (κ2) is 5.07. The Kier molecular flexibility index (Phi) is 4.03. The number of hydrogen-bond donors (Lipinski definition) is 1. The molecule has 1 heterocycles. The molecule has 0 saturated carbocycles.